The third-order valence-corrected chi connectivity index (χ3v) is 3.42. The highest BCUT2D eigenvalue weighted by molar-refractivity contribution is 5.94. The van der Waals surface area contributed by atoms with Gasteiger partial charge in [-0.1, -0.05) is 0 Å². The van der Waals surface area contributed by atoms with E-state index in [0.29, 0.717) is 18.8 Å². The number of hydrogen-bond acceptors (Lipinski definition) is 4. The van der Waals surface area contributed by atoms with Crippen molar-refractivity contribution >= 4 is 5.91 Å². The van der Waals surface area contributed by atoms with E-state index in [2.05, 4.69) is 12.2 Å². The van der Waals surface area contributed by atoms with E-state index in [0.717, 1.165) is 25.4 Å². The maximum atomic E-state index is 12.4. The van der Waals surface area contributed by atoms with Crippen LogP contribution in [0.2, 0.25) is 0 Å². The number of carbonyl (C=O) groups excluding carboxylic acids is 1. The summed E-state index contributed by atoms with van der Waals surface area (Å²) in [6, 6.07) is 7.53. The Morgan fingerprint density at radius 3 is 2.75 bits per heavy atom. The largest absolute Gasteiger partial charge is 0.491 e. The summed E-state index contributed by atoms with van der Waals surface area (Å²) in [5.74, 6) is 0.842. The Labute approximate surface area is 119 Å². The van der Waals surface area contributed by atoms with E-state index in [9.17, 15) is 4.79 Å². The molecule has 1 heterocycles. The van der Waals surface area contributed by atoms with Crippen LogP contribution in [-0.2, 0) is 4.74 Å². The van der Waals surface area contributed by atoms with E-state index in [1.807, 2.05) is 29.2 Å². The molecule has 0 aromatic heterocycles. The van der Waals surface area contributed by atoms with Crippen molar-refractivity contribution in [3.05, 3.63) is 29.8 Å². The zero-order chi connectivity index (χ0) is 14.4. The maximum absolute atomic E-state index is 12.4. The fourth-order valence-electron chi connectivity index (χ4n) is 2.25. The Morgan fingerprint density at radius 1 is 1.35 bits per heavy atom. The second-order valence-corrected chi connectivity index (χ2v) is 4.92. The second kappa shape index (κ2) is 7.26. The lowest BCUT2D eigenvalue weighted by atomic mass is 10.1. The summed E-state index contributed by atoms with van der Waals surface area (Å²) >= 11 is 0. The Balaban J connectivity index is 1.96. The number of nitrogens with zero attached hydrogens (tertiary/aromatic N) is 1. The molecule has 0 unspecified atom stereocenters. The third kappa shape index (κ3) is 3.71. The van der Waals surface area contributed by atoms with Gasteiger partial charge in [0.05, 0.1) is 6.61 Å². The summed E-state index contributed by atoms with van der Waals surface area (Å²) in [6.45, 7) is 5.59. The normalized spacial score (nSPS) is 18.9. The first-order chi connectivity index (χ1) is 9.72. The summed E-state index contributed by atoms with van der Waals surface area (Å²) in [5.41, 5.74) is 0.706. The average Bonchev–Trinajstić information content (AvgIpc) is 2.48. The van der Waals surface area contributed by atoms with E-state index in [-0.39, 0.29) is 11.9 Å². The van der Waals surface area contributed by atoms with E-state index < -0.39 is 0 Å². The van der Waals surface area contributed by atoms with Crippen molar-refractivity contribution in [2.45, 2.75) is 13.0 Å². The molecule has 1 aliphatic rings. The Bertz CT molecular complexity index is 433. The van der Waals surface area contributed by atoms with Gasteiger partial charge in [0.25, 0.3) is 5.91 Å². The van der Waals surface area contributed by atoms with Gasteiger partial charge in [0.15, 0.2) is 0 Å². The molecule has 110 valence electrons. The minimum absolute atomic E-state index is 0.0856. The highest BCUT2D eigenvalue weighted by atomic mass is 16.5. The molecule has 1 aromatic carbocycles. The summed E-state index contributed by atoms with van der Waals surface area (Å²) in [5, 5.41) is 3.28. The minimum atomic E-state index is 0.0856. The van der Waals surface area contributed by atoms with E-state index >= 15 is 0 Å². The predicted molar refractivity (Wildman–Crippen MR) is 77.2 cm³/mol. The van der Waals surface area contributed by atoms with E-state index in [1.165, 1.54) is 0 Å². The van der Waals surface area contributed by atoms with Crippen molar-refractivity contribution in [2.75, 3.05) is 40.0 Å². The highest BCUT2D eigenvalue weighted by Crippen LogP contribution is 2.15. The van der Waals surface area contributed by atoms with Crippen molar-refractivity contribution in [3.63, 3.8) is 0 Å². The number of amides is 1. The van der Waals surface area contributed by atoms with Crippen molar-refractivity contribution in [2.24, 2.45) is 0 Å². The number of methoxy groups -OCH3 is 1. The Morgan fingerprint density at radius 2 is 2.10 bits per heavy atom. The molecule has 1 amide bonds. The predicted octanol–water partition coefficient (Wildman–Crippen LogP) is 1.15. The maximum Gasteiger partial charge on any atom is 0.254 e. The van der Waals surface area contributed by atoms with Crippen LogP contribution in [0, 0.1) is 0 Å². The van der Waals surface area contributed by atoms with Gasteiger partial charge in [-0.2, -0.15) is 0 Å². The van der Waals surface area contributed by atoms with Crippen LogP contribution in [0.15, 0.2) is 24.3 Å². The smallest absolute Gasteiger partial charge is 0.254 e. The van der Waals surface area contributed by atoms with Crippen molar-refractivity contribution in [1.82, 2.24) is 10.2 Å². The van der Waals surface area contributed by atoms with E-state index in [4.69, 9.17) is 9.47 Å². The second-order valence-electron chi connectivity index (χ2n) is 4.92. The van der Waals surface area contributed by atoms with Crippen molar-refractivity contribution in [1.29, 1.82) is 0 Å². The molecule has 1 aliphatic heterocycles. The molecular weight excluding hydrogens is 256 g/mol. The van der Waals surface area contributed by atoms with Crippen molar-refractivity contribution < 1.29 is 14.3 Å². The first kappa shape index (κ1) is 14.8. The van der Waals surface area contributed by atoms with Crippen LogP contribution in [0.3, 0.4) is 0 Å². The standard InChI is InChI=1S/C15H22N2O3/c1-12-11-16-7-8-17(12)15(18)13-3-5-14(6-4-13)20-10-9-19-2/h3-6,12,16H,7-11H2,1-2H3/t12-/m0/s1. The molecule has 0 aliphatic carbocycles. The van der Waals surface area contributed by atoms with Gasteiger partial charge in [0.1, 0.15) is 12.4 Å². The van der Waals surface area contributed by atoms with Gasteiger partial charge in [-0.15, -0.1) is 0 Å². The zero-order valence-corrected chi connectivity index (χ0v) is 12.1. The van der Waals surface area contributed by atoms with Gasteiger partial charge in [0.2, 0.25) is 0 Å². The zero-order valence-electron chi connectivity index (χ0n) is 12.1. The number of nitrogens with one attached hydrogen (secondary N) is 1. The Kier molecular flexibility index (Phi) is 5.38. The van der Waals surface area contributed by atoms with E-state index in [1.54, 1.807) is 7.11 Å². The Hall–Kier alpha value is -1.59. The van der Waals surface area contributed by atoms with Crippen LogP contribution in [0.1, 0.15) is 17.3 Å². The lowest BCUT2D eigenvalue weighted by molar-refractivity contribution is 0.0655. The van der Waals surface area contributed by atoms with Gasteiger partial charge in [-0.05, 0) is 31.2 Å². The molecule has 0 bridgehead atoms. The molecule has 20 heavy (non-hydrogen) atoms. The molecule has 1 saturated heterocycles. The molecule has 1 fully saturated rings. The fraction of sp³-hybridized carbons (Fsp3) is 0.533. The number of ether oxygens (including phenoxy) is 2. The quantitative estimate of drug-likeness (QED) is 0.821. The summed E-state index contributed by atoms with van der Waals surface area (Å²) in [4.78, 5) is 14.3. The topological polar surface area (TPSA) is 50.8 Å². The highest BCUT2D eigenvalue weighted by Gasteiger charge is 2.23. The fourth-order valence-corrected chi connectivity index (χ4v) is 2.25. The molecule has 2 rings (SSSR count). The van der Waals surface area contributed by atoms with Crippen LogP contribution in [0.5, 0.6) is 5.75 Å². The van der Waals surface area contributed by atoms with Gasteiger partial charge in [-0.3, -0.25) is 4.79 Å². The van der Waals surface area contributed by atoms with Crippen LogP contribution >= 0.6 is 0 Å². The number of piperazine rings is 1. The van der Waals surface area contributed by atoms with Crippen LogP contribution in [-0.4, -0.2) is 56.8 Å². The summed E-state index contributed by atoms with van der Waals surface area (Å²) < 4.78 is 10.4. The van der Waals surface area contributed by atoms with Crippen LogP contribution in [0.4, 0.5) is 0 Å². The minimum Gasteiger partial charge on any atom is -0.491 e. The van der Waals surface area contributed by atoms with Gasteiger partial charge in [0, 0.05) is 38.3 Å². The number of benzene rings is 1. The molecule has 5 nitrogen and oxygen atoms in total. The number of carbonyl (C=O) groups is 1. The molecule has 0 spiro atoms. The number of hydrogen-bond donors (Lipinski definition) is 1. The monoisotopic (exact) mass is 278 g/mol. The van der Waals surface area contributed by atoms with Gasteiger partial charge >= 0.3 is 0 Å². The van der Waals surface area contributed by atoms with Crippen molar-refractivity contribution in [3.8, 4) is 5.75 Å². The van der Waals surface area contributed by atoms with Gasteiger partial charge in [-0.25, -0.2) is 0 Å². The molecule has 1 N–H and O–H groups in total. The molecule has 1 aromatic rings. The van der Waals surface area contributed by atoms with Gasteiger partial charge < -0.3 is 19.7 Å². The summed E-state index contributed by atoms with van der Waals surface area (Å²) in [7, 11) is 1.64. The lowest BCUT2D eigenvalue weighted by Gasteiger charge is -2.34. The lowest BCUT2D eigenvalue weighted by Crippen LogP contribution is -2.52. The molecule has 5 heteroatoms. The first-order valence-corrected chi connectivity index (χ1v) is 6.96. The summed E-state index contributed by atoms with van der Waals surface area (Å²) in [6.07, 6.45) is 0. The molecule has 0 saturated carbocycles. The molecule has 1 atom stereocenters. The van der Waals surface area contributed by atoms with Crippen LogP contribution < -0.4 is 10.1 Å². The number of rotatable bonds is 5. The average molecular weight is 278 g/mol. The molecule has 0 radical (unpaired) electrons. The molecular formula is C15H22N2O3. The van der Waals surface area contributed by atoms with Crippen LogP contribution in [0.25, 0.3) is 0 Å². The first-order valence-electron chi connectivity index (χ1n) is 6.96. The SMILES string of the molecule is COCCOc1ccc(C(=O)N2CCNC[C@@H]2C)cc1. The third-order valence-electron chi connectivity index (χ3n) is 3.42.